The maximum atomic E-state index is 8.61. The molecule has 1 aliphatic carbocycles. The van der Waals surface area contributed by atoms with Crippen LogP contribution in [0.25, 0.3) is 0 Å². The van der Waals surface area contributed by atoms with Gasteiger partial charge >= 0.3 is 0 Å². The zero-order valence-corrected chi connectivity index (χ0v) is 9.48. The zero-order chi connectivity index (χ0) is 11.4. The molecule has 0 amide bonds. The van der Waals surface area contributed by atoms with E-state index < -0.39 is 0 Å². The van der Waals surface area contributed by atoms with Crippen molar-refractivity contribution in [2.45, 2.75) is 38.6 Å². The normalized spacial score (nSPS) is 16.5. The van der Waals surface area contributed by atoms with Gasteiger partial charge in [-0.1, -0.05) is 19.8 Å². The summed E-state index contributed by atoms with van der Waals surface area (Å²) in [6, 6.07) is 2.44. The number of anilines is 1. The number of nitriles is 1. The van der Waals surface area contributed by atoms with Crippen LogP contribution >= 0.6 is 0 Å². The van der Waals surface area contributed by atoms with Crippen molar-refractivity contribution < 1.29 is 0 Å². The first-order valence-corrected chi connectivity index (χ1v) is 5.80. The average Bonchev–Trinajstić information content (AvgIpc) is 3.13. The Kier molecular flexibility index (Phi) is 3.35. The molecular formula is C12H16N4. The monoisotopic (exact) mass is 216 g/mol. The van der Waals surface area contributed by atoms with Crippen molar-refractivity contribution in [1.82, 2.24) is 9.97 Å². The van der Waals surface area contributed by atoms with Gasteiger partial charge in [-0.05, 0) is 18.8 Å². The van der Waals surface area contributed by atoms with Crippen LogP contribution in [0.4, 0.5) is 5.82 Å². The molecule has 4 heteroatoms. The fourth-order valence-electron chi connectivity index (χ4n) is 1.75. The minimum absolute atomic E-state index is 0.362. The summed E-state index contributed by atoms with van der Waals surface area (Å²) in [5, 5.41) is 12.0. The Hall–Kier alpha value is -1.63. The highest BCUT2D eigenvalue weighted by Crippen LogP contribution is 2.34. The molecule has 1 unspecified atom stereocenters. The van der Waals surface area contributed by atoms with Gasteiger partial charge in [0.05, 0.1) is 12.4 Å². The Morgan fingerprint density at radius 3 is 2.81 bits per heavy atom. The van der Waals surface area contributed by atoms with Gasteiger partial charge in [-0.15, -0.1) is 0 Å². The second-order valence-corrected chi connectivity index (χ2v) is 4.33. The van der Waals surface area contributed by atoms with Gasteiger partial charge in [0.1, 0.15) is 11.9 Å². The molecule has 1 atom stereocenters. The molecule has 0 bridgehead atoms. The fraction of sp³-hybridized carbons (Fsp3) is 0.583. The minimum Gasteiger partial charge on any atom is -0.366 e. The molecule has 1 saturated carbocycles. The van der Waals surface area contributed by atoms with Crippen molar-refractivity contribution >= 4 is 5.82 Å². The van der Waals surface area contributed by atoms with E-state index in [4.69, 9.17) is 5.26 Å². The third-order valence-corrected chi connectivity index (χ3v) is 2.93. The van der Waals surface area contributed by atoms with Crippen LogP contribution in [0, 0.1) is 17.2 Å². The average molecular weight is 216 g/mol. The summed E-state index contributed by atoms with van der Waals surface area (Å²) in [7, 11) is 0. The molecule has 0 spiro atoms. The van der Waals surface area contributed by atoms with Crippen LogP contribution in [-0.2, 0) is 0 Å². The van der Waals surface area contributed by atoms with Gasteiger partial charge in [0.15, 0.2) is 5.69 Å². The predicted octanol–water partition coefficient (Wildman–Crippen LogP) is 2.34. The van der Waals surface area contributed by atoms with Crippen molar-refractivity contribution in [3.63, 3.8) is 0 Å². The Morgan fingerprint density at radius 1 is 1.50 bits per heavy atom. The Bertz CT molecular complexity index is 375. The molecule has 0 aromatic carbocycles. The van der Waals surface area contributed by atoms with Crippen LogP contribution in [-0.4, -0.2) is 16.0 Å². The standard InChI is InChI=1S/C12H16N4/c1-2-10(5-9-3-4-9)16-12-8-14-11(6-13)7-15-12/h7-10H,2-5H2,1H3,(H,15,16). The number of nitrogens with one attached hydrogen (secondary N) is 1. The lowest BCUT2D eigenvalue weighted by atomic mass is 10.1. The lowest BCUT2D eigenvalue weighted by Crippen LogP contribution is -2.19. The molecule has 2 rings (SSSR count). The molecule has 0 aliphatic heterocycles. The van der Waals surface area contributed by atoms with Crippen LogP contribution in [0.15, 0.2) is 12.4 Å². The van der Waals surface area contributed by atoms with Crippen molar-refractivity contribution in [1.29, 1.82) is 5.26 Å². The summed E-state index contributed by atoms with van der Waals surface area (Å²) < 4.78 is 0. The quantitative estimate of drug-likeness (QED) is 0.820. The Balaban J connectivity index is 1.92. The first-order valence-electron chi connectivity index (χ1n) is 5.80. The minimum atomic E-state index is 0.362. The van der Waals surface area contributed by atoms with E-state index >= 15 is 0 Å². The lowest BCUT2D eigenvalue weighted by Gasteiger charge is -2.16. The highest BCUT2D eigenvalue weighted by Gasteiger charge is 2.24. The van der Waals surface area contributed by atoms with Gasteiger partial charge in [0, 0.05) is 6.04 Å². The molecule has 1 N–H and O–H groups in total. The largest absolute Gasteiger partial charge is 0.366 e. The molecule has 84 valence electrons. The van der Waals surface area contributed by atoms with E-state index in [1.165, 1.54) is 25.5 Å². The topological polar surface area (TPSA) is 61.6 Å². The molecule has 0 saturated heterocycles. The first kappa shape index (κ1) is 10.9. The van der Waals surface area contributed by atoms with Crippen molar-refractivity contribution in [3.8, 4) is 6.07 Å². The molecule has 1 aromatic heterocycles. The van der Waals surface area contributed by atoms with Gasteiger partial charge in [0.2, 0.25) is 0 Å². The number of hydrogen-bond donors (Lipinski definition) is 1. The van der Waals surface area contributed by atoms with Crippen LogP contribution in [0.1, 0.15) is 38.3 Å². The van der Waals surface area contributed by atoms with E-state index in [1.807, 2.05) is 6.07 Å². The number of rotatable bonds is 5. The summed E-state index contributed by atoms with van der Waals surface area (Å²) in [4.78, 5) is 8.16. The summed E-state index contributed by atoms with van der Waals surface area (Å²) >= 11 is 0. The van der Waals surface area contributed by atoms with Gasteiger partial charge in [-0.25, -0.2) is 9.97 Å². The number of aromatic nitrogens is 2. The van der Waals surface area contributed by atoms with Crippen LogP contribution < -0.4 is 5.32 Å². The third kappa shape index (κ3) is 2.93. The van der Waals surface area contributed by atoms with Gasteiger partial charge in [-0.3, -0.25) is 0 Å². The smallest absolute Gasteiger partial charge is 0.158 e. The summed E-state index contributed by atoms with van der Waals surface area (Å²) in [5.74, 6) is 1.68. The van der Waals surface area contributed by atoms with Crippen molar-refractivity contribution in [2.24, 2.45) is 5.92 Å². The van der Waals surface area contributed by atoms with Crippen LogP contribution in [0.2, 0.25) is 0 Å². The maximum absolute atomic E-state index is 8.61. The Labute approximate surface area is 95.7 Å². The fourth-order valence-corrected chi connectivity index (χ4v) is 1.75. The van der Waals surface area contributed by atoms with Crippen molar-refractivity contribution in [3.05, 3.63) is 18.1 Å². The van der Waals surface area contributed by atoms with Gasteiger partial charge in [-0.2, -0.15) is 5.26 Å². The summed E-state index contributed by atoms with van der Waals surface area (Å²) in [6.07, 6.45) is 8.20. The lowest BCUT2D eigenvalue weighted by molar-refractivity contribution is 0.585. The SMILES string of the molecule is CCC(CC1CC1)Nc1cnc(C#N)cn1. The predicted molar refractivity (Wildman–Crippen MR) is 61.8 cm³/mol. The highest BCUT2D eigenvalue weighted by molar-refractivity contribution is 5.34. The maximum Gasteiger partial charge on any atom is 0.158 e. The van der Waals surface area contributed by atoms with Gasteiger partial charge in [0.25, 0.3) is 0 Å². The molecule has 0 radical (unpaired) electrons. The van der Waals surface area contributed by atoms with Crippen LogP contribution in [0.5, 0.6) is 0 Å². The van der Waals surface area contributed by atoms with E-state index in [0.29, 0.717) is 11.7 Å². The van der Waals surface area contributed by atoms with E-state index in [0.717, 1.165) is 18.2 Å². The van der Waals surface area contributed by atoms with E-state index in [9.17, 15) is 0 Å². The van der Waals surface area contributed by atoms with E-state index in [-0.39, 0.29) is 0 Å². The summed E-state index contributed by atoms with van der Waals surface area (Å²) in [6.45, 7) is 2.18. The van der Waals surface area contributed by atoms with Crippen LogP contribution in [0.3, 0.4) is 0 Å². The van der Waals surface area contributed by atoms with E-state index in [1.54, 1.807) is 6.20 Å². The molecule has 1 fully saturated rings. The molecule has 1 aromatic rings. The van der Waals surface area contributed by atoms with Crippen molar-refractivity contribution in [2.75, 3.05) is 5.32 Å². The molecule has 16 heavy (non-hydrogen) atoms. The zero-order valence-electron chi connectivity index (χ0n) is 9.48. The second-order valence-electron chi connectivity index (χ2n) is 4.33. The molecule has 1 aliphatic rings. The number of nitrogens with zero attached hydrogens (tertiary/aromatic N) is 3. The molecule has 1 heterocycles. The highest BCUT2D eigenvalue weighted by atomic mass is 15.0. The van der Waals surface area contributed by atoms with E-state index in [2.05, 4.69) is 22.2 Å². The third-order valence-electron chi connectivity index (χ3n) is 2.93. The summed E-state index contributed by atoms with van der Waals surface area (Å²) in [5.41, 5.74) is 0.362. The first-order chi connectivity index (χ1) is 7.81. The second kappa shape index (κ2) is 4.93. The molecule has 4 nitrogen and oxygen atoms in total. The van der Waals surface area contributed by atoms with Gasteiger partial charge < -0.3 is 5.32 Å². The Morgan fingerprint density at radius 2 is 2.31 bits per heavy atom. The number of hydrogen-bond acceptors (Lipinski definition) is 4. The molecular weight excluding hydrogens is 200 g/mol.